The first-order valence-electron chi connectivity index (χ1n) is 9.92. The number of nitrogens with zero attached hydrogens (tertiary/aromatic N) is 3. The summed E-state index contributed by atoms with van der Waals surface area (Å²) in [5.41, 5.74) is 5.62. The summed E-state index contributed by atoms with van der Waals surface area (Å²) in [5, 5.41) is 0. The molecule has 2 aromatic rings. The van der Waals surface area contributed by atoms with Crippen LogP contribution < -0.4 is 4.90 Å². The van der Waals surface area contributed by atoms with Gasteiger partial charge in [-0.15, -0.1) is 0 Å². The first-order chi connectivity index (χ1) is 15.1. The average Bonchev–Trinajstić information content (AvgIpc) is 3.33. The number of hydrogen-bond donors (Lipinski definition) is 0. The van der Waals surface area contributed by atoms with Crippen LogP contribution in [0.25, 0.3) is 5.57 Å². The van der Waals surface area contributed by atoms with E-state index in [9.17, 15) is 18.2 Å². The van der Waals surface area contributed by atoms with Crippen molar-refractivity contribution in [2.45, 2.75) is 27.7 Å². The summed E-state index contributed by atoms with van der Waals surface area (Å²) in [6.45, 7) is 7.28. The van der Waals surface area contributed by atoms with Gasteiger partial charge in [-0.2, -0.15) is 0 Å². The second kappa shape index (κ2) is 8.27. The molecule has 0 unspecified atom stereocenters. The van der Waals surface area contributed by atoms with E-state index < -0.39 is 19.2 Å². The lowest BCUT2D eigenvalue weighted by molar-refractivity contribution is -0.119. The van der Waals surface area contributed by atoms with Crippen LogP contribution in [-0.2, 0) is 9.59 Å². The molecule has 0 spiro atoms. The number of carbonyl (C=O) groups excluding carboxylic acids is 2. The van der Waals surface area contributed by atoms with Crippen molar-refractivity contribution < 1.29 is 18.2 Å². The Morgan fingerprint density at radius 3 is 2.09 bits per heavy atom. The van der Waals surface area contributed by atoms with E-state index in [0.29, 0.717) is 33.9 Å². The highest BCUT2D eigenvalue weighted by molar-refractivity contribution is 14.1. The Hall–Kier alpha value is -2.82. The maximum atomic E-state index is 14.2. The molecule has 0 saturated heterocycles. The lowest BCUT2D eigenvalue weighted by atomic mass is 9.94. The molecular formula is C23H19BF2IN3O2. The van der Waals surface area contributed by atoms with E-state index in [2.05, 4.69) is 27.6 Å². The summed E-state index contributed by atoms with van der Waals surface area (Å²) in [6, 6.07) is 6.76. The van der Waals surface area contributed by atoms with Gasteiger partial charge in [-0.25, -0.2) is 4.90 Å². The van der Waals surface area contributed by atoms with Crippen molar-refractivity contribution in [3.63, 3.8) is 0 Å². The molecule has 0 atom stereocenters. The lowest BCUT2D eigenvalue weighted by Gasteiger charge is -2.18. The van der Waals surface area contributed by atoms with E-state index in [4.69, 9.17) is 0 Å². The van der Waals surface area contributed by atoms with Crippen LogP contribution >= 0.6 is 22.6 Å². The van der Waals surface area contributed by atoms with E-state index in [1.807, 2.05) is 26.8 Å². The third-order valence-corrected chi connectivity index (χ3v) is 7.17. The Kier molecular flexibility index (Phi) is 5.78. The van der Waals surface area contributed by atoms with Gasteiger partial charge in [0.2, 0.25) is 0 Å². The number of hydrogen-bond acceptors (Lipinski definition) is 3. The number of halogens is 3. The van der Waals surface area contributed by atoms with Crippen LogP contribution in [0.2, 0.25) is 0 Å². The molecule has 2 aliphatic rings. The minimum absolute atomic E-state index is 0.408. The SMILES string of the molecule is CC1=CC(C)=N/C1=C(/c1ccc(N2C(=O)C=CC2=O)cc1)c1c(C)c(I)c(C)n1B(F)F. The van der Waals surface area contributed by atoms with Crippen molar-refractivity contribution in [3.05, 3.63) is 79.8 Å². The van der Waals surface area contributed by atoms with Gasteiger partial charge in [0.25, 0.3) is 11.8 Å². The van der Waals surface area contributed by atoms with Crippen molar-refractivity contribution in [2.24, 2.45) is 4.99 Å². The number of aliphatic imine (C=N–C) groups is 1. The number of benzene rings is 1. The predicted octanol–water partition coefficient (Wildman–Crippen LogP) is 5.09. The summed E-state index contributed by atoms with van der Waals surface area (Å²) in [5.74, 6) is -0.826. The Labute approximate surface area is 198 Å². The van der Waals surface area contributed by atoms with E-state index >= 15 is 0 Å². The minimum atomic E-state index is -2.72. The normalized spacial score (nSPS) is 17.3. The Morgan fingerprint density at radius 1 is 1.00 bits per heavy atom. The summed E-state index contributed by atoms with van der Waals surface area (Å²) >= 11 is 2.09. The van der Waals surface area contributed by atoms with Gasteiger partial charge in [0.05, 0.1) is 11.4 Å². The molecular weight excluding hydrogens is 526 g/mol. The van der Waals surface area contributed by atoms with Gasteiger partial charge in [-0.1, -0.05) is 12.1 Å². The molecule has 5 nitrogen and oxygen atoms in total. The molecule has 0 aliphatic carbocycles. The zero-order valence-electron chi connectivity index (χ0n) is 17.9. The van der Waals surface area contributed by atoms with Crippen LogP contribution in [0.15, 0.2) is 58.8 Å². The fourth-order valence-corrected chi connectivity index (χ4v) is 4.65. The van der Waals surface area contributed by atoms with Crippen molar-refractivity contribution in [1.82, 2.24) is 4.48 Å². The van der Waals surface area contributed by atoms with Crippen LogP contribution in [0.1, 0.15) is 36.4 Å². The van der Waals surface area contributed by atoms with E-state index in [1.165, 1.54) is 12.2 Å². The third kappa shape index (κ3) is 3.58. The van der Waals surface area contributed by atoms with Crippen LogP contribution in [-0.4, -0.2) is 29.4 Å². The molecule has 1 aromatic carbocycles. The highest BCUT2D eigenvalue weighted by Gasteiger charge is 2.32. The number of carbonyl (C=O) groups is 2. The number of allylic oxidation sites excluding steroid dienone is 2. The molecule has 0 fully saturated rings. The van der Waals surface area contributed by atoms with E-state index in [0.717, 1.165) is 29.8 Å². The van der Waals surface area contributed by atoms with Gasteiger partial charge in [0, 0.05) is 38.4 Å². The molecule has 3 heterocycles. The fourth-order valence-electron chi connectivity index (χ4n) is 4.13. The highest BCUT2D eigenvalue weighted by Crippen LogP contribution is 2.39. The number of imide groups is 1. The molecule has 4 rings (SSSR count). The largest absolute Gasteiger partial charge is 0.677 e. The lowest BCUT2D eigenvalue weighted by Crippen LogP contribution is -2.29. The molecule has 2 aliphatic heterocycles. The van der Waals surface area contributed by atoms with Crippen LogP contribution in [0.5, 0.6) is 0 Å². The number of anilines is 1. The molecule has 0 saturated carbocycles. The quantitative estimate of drug-likeness (QED) is 0.306. The fraction of sp³-hybridized carbons (Fsp3) is 0.174. The molecule has 0 N–H and O–H groups in total. The molecule has 32 heavy (non-hydrogen) atoms. The smallest absolute Gasteiger partial charge is 0.328 e. The Bertz CT molecular complexity index is 1270. The van der Waals surface area contributed by atoms with Crippen molar-refractivity contribution >= 4 is 58.8 Å². The van der Waals surface area contributed by atoms with Crippen LogP contribution in [0.3, 0.4) is 0 Å². The van der Waals surface area contributed by atoms with Crippen LogP contribution in [0.4, 0.5) is 14.3 Å². The molecule has 9 heteroatoms. The second-order valence-corrected chi connectivity index (χ2v) is 8.80. The predicted molar refractivity (Wildman–Crippen MR) is 131 cm³/mol. The standard InChI is InChI=1S/C23H19BF2IN3O2/c1-12-11-13(2)28-22(12)20(23-14(3)21(27)15(4)30(23)24(25)26)16-5-7-17(8-6-16)29-18(31)9-10-19(29)32/h5-11H,1-4H3/b22-20-. The van der Waals surface area contributed by atoms with E-state index in [1.54, 1.807) is 31.2 Å². The minimum Gasteiger partial charge on any atom is -0.328 e. The van der Waals surface area contributed by atoms with Gasteiger partial charge in [0.15, 0.2) is 0 Å². The summed E-state index contributed by atoms with van der Waals surface area (Å²) in [4.78, 5) is 29.7. The number of amides is 2. The van der Waals surface area contributed by atoms with E-state index in [-0.39, 0.29) is 0 Å². The van der Waals surface area contributed by atoms with Crippen molar-refractivity contribution in [1.29, 1.82) is 0 Å². The van der Waals surface area contributed by atoms with Crippen molar-refractivity contribution in [2.75, 3.05) is 4.90 Å². The summed E-state index contributed by atoms with van der Waals surface area (Å²) in [7, 11) is -2.72. The topological polar surface area (TPSA) is 54.7 Å². The van der Waals surface area contributed by atoms with Crippen LogP contribution in [0, 0.1) is 17.4 Å². The summed E-state index contributed by atoms with van der Waals surface area (Å²) in [6.07, 6.45) is 4.36. The van der Waals surface area contributed by atoms with Gasteiger partial charge in [-0.05, 0) is 85.2 Å². The first-order valence-corrected chi connectivity index (χ1v) is 11.0. The molecule has 0 radical (unpaired) electrons. The third-order valence-electron chi connectivity index (χ3n) is 5.58. The molecule has 2 amide bonds. The Morgan fingerprint density at radius 2 is 1.59 bits per heavy atom. The first kappa shape index (κ1) is 22.4. The number of aromatic nitrogens is 1. The van der Waals surface area contributed by atoms with Crippen molar-refractivity contribution in [3.8, 4) is 0 Å². The maximum absolute atomic E-state index is 14.2. The Balaban J connectivity index is 1.95. The van der Waals surface area contributed by atoms with Gasteiger partial charge in [0.1, 0.15) is 0 Å². The average molecular weight is 545 g/mol. The number of rotatable bonds is 4. The zero-order chi connectivity index (χ0) is 23.3. The second-order valence-electron chi connectivity index (χ2n) is 7.72. The molecule has 1 aromatic heterocycles. The van der Waals surface area contributed by atoms with Gasteiger partial charge < -0.3 is 4.48 Å². The monoisotopic (exact) mass is 545 g/mol. The molecule has 0 bridgehead atoms. The maximum Gasteiger partial charge on any atom is 0.677 e. The van der Waals surface area contributed by atoms with Gasteiger partial charge >= 0.3 is 7.40 Å². The highest BCUT2D eigenvalue weighted by atomic mass is 127. The van der Waals surface area contributed by atoms with Gasteiger partial charge in [-0.3, -0.25) is 23.2 Å². The molecule has 162 valence electrons. The summed E-state index contributed by atoms with van der Waals surface area (Å²) < 4.78 is 30.2. The zero-order valence-corrected chi connectivity index (χ0v) is 20.1.